The van der Waals surface area contributed by atoms with Crippen LogP contribution in [0.1, 0.15) is 22.3 Å². The fourth-order valence-corrected chi connectivity index (χ4v) is 2.56. The van der Waals surface area contributed by atoms with E-state index < -0.39 is 0 Å². The number of nitrogens with zero attached hydrogens (tertiary/aromatic N) is 3. The number of aromatic nitrogens is 2. The maximum atomic E-state index is 12.2. The molecule has 0 bridgehead atoms. The van der Waals surface area contributed by atoms with E-state index in [1.165, 1.54) is 0 Å². The minimum absolute atomic E-state index is 0.163. The highest BCUT2D eigenvalue weighted by molar-refractivity contribution is 9.10. The van der Waals surface area contributed by atoms with E-state index in [1.807, 2.05) is 50.8 Å². The highest BCUT2D eigenvalue weighted by Gasteiger charge is 2.11. The summed E-state index contributed by atoms with van der Waals surface area (Å²) in [6, 6.07) is 7.55. The Balaban J connectivity index is 1.85. The van der Waals surface area contributed by atoms with Crippen LogP contribution in [0.25, 0.3) is 0 Å². The van der Waals surface area contributed by atoms with Crippen LogP contribution in [-0.4, -0.2) is 34.1 Å². The molecule has 2 rings (SSSR count). The van der Waals surface area contributed by atoms with Crippen LogP contribution >= 0.6 is 15.9 Å². The molecule has 0 spiro atoms. The van der Waals surface area contributed by atoms with E-state index in [0.717, 1.165) is 28.7 Å². The Morgan fingerprint density at radius 3 is 2.80 bits per heavy atom. The van der Waals surface area contributed by atoms with Crippen LogP contribution in [0.2, 0.25) is 0 Å². The first-order valence-corrected chi connectivity index (χ1v) is 7.29. The van der Waals surface area contributed by atoms with Gasteiger partial charge in [0.15, 0.2) is 5.78 Å². The number of carbonyl (C=O) groups excluding carboxylic acids is 1. The van der Waals surface area contributed by atoms with Gasteiger partial charge < -0.3 is 4.90 Å². The van der Waals surface area contributed by atoms with Crippen LogP contribution in [0.3, 0.4) is 0 Å². The van der Waals surface area contributed by atoms with E-state index in [0.29, 0.717) is 6.42 Å². The Labute approximate surface area is 127 Å². The number of halogens is 1. The smallest absolute Gasteiger partial charge is 0.165 e. The van der Waals surface area contributed by atoms with Crippen LogP contribution in [0, 0.1) is 0 Å². The fourth-order valence-electron chi connectivity index (χ4n) is 2.06. The second-order valence-corrected chi connectivity index (χ2v) is 5.77. The molecule has 0 saturated carbocycles. The molecule has 0 aliphatic carbocycles. The minimum Gasteiger partial charge on any atom is -0.302 e. The minimum atomic E-state index is 0.163. The van der Waals surface area contributed by atoms with Crippen molar-refractivity contribution in [2.45, 2.75) is 13.0 Å². The second kappa shape index (κ2) is 6.81. The molecule has 0 amide bonds. The Hall–Kier alpha value is -1.46. The lowest BCUT2D eigenvalue weighted by molar-refractivity contribution is 0.0967. The summed E-state index contributed by atoms with van der Waals surface area (Å²) in [6.45, 7) is 1.53. The van der Waals surface area contributed by atoms with Crippen LogP contribution in [0.15, 0.2) is 41.1 Å². The molecule has 5 heteroatoms. The number of Topliss-reactive ketones (excluding diaryl/α,β-unsaturated/α-hetero) is 1. The van der Waals surface area contributed by atoms with Crippen molar-refractivity contribution in [3.05, 3.63) is 52.3 Å². The summed E-state index contributed by atoms with van der Waals surface area (Å²) in [6.07, 6.45) is 4.36. The standard InChI is InChI=1S/C15H18BrN3O/c1-18(10-12-9-17-19(2)11-12)8-7-15(20)13-5-3-4-6-14(13)16/h3-6,9,11H,7-8,10H2,1-2H3. The molecule has 0 radical (unpaired) electrons. The summed E-state index contributed by atoms with van der Waals surface area (Å²) >= 11 is 3.41. The summed E-state index contributed by atoms with van der Waals surface area (Å²) in [7, 11) is 3.92. The zero-order chi connectivity index (χ0) is 14.5. The van der Waals surface area contributed by atoms with Crippen LogP contribution < -0.4 is 0 Å². The summed E-state index contributed by atoms with van der Waals surface area (Å²) in [5, 5.41) is 4.14. The molecular weight excluding hydrogens is 318 g/mol. The van der Waals surface area contributed by atoms with Gasteiger partial charge in [0.25, 0.3) is 0 Å². The Bertz CT molecular complexity index is 594. The summed E-state index contributed by atoms with van der Waals surface area (Å²) in [5.41, 5.74) is 1.91. The lowest BCUT2D eigenvalue weighted by Crippen LogP contribution is -2.21. The quantitative estimate of drug-likeness (QED) is 0.762. The molecule has 4 nitrogen and oxygen atoms in total. The summed E-state index contributed by atoms with van der Waals surface area (Å²) in [5.74, 6) is 0.163. The Morgan fingerprint density at radius 2 is 2.15 bits per heavy atom. The van der Waals surface area contributed by atoms with Crippen LogP contribution in [-0.2, 0) is 13.6 Å². The van der Waals surface area contributed by atoms with Gasteiger partial charge in [-0.3, -0.25) is 9.48 Å². The number of rotatable bonds is 6. The number of hydrogen-bond donors (Lipinski definition) is 0. The average molecular weight is 336 g/mol. The molecule has 20 heavy (non-hydrogen) atoms. The van der Waals surface area contributed by atoms with Crippen molar-refractivity contribution in [2.24, 2.45) is 7.05 Å². The van der Waals surface area contributed by atoms with Crippen molar-refractivity contribution in [3.8, 4) is 0 Å². The molecule has 0 fully saturated rings. The van der Waals surface area contributed by atoms with Crippen LogP contribution in [0.4, 0.5) is 0 Å². The average Bonchev–Trinajstić information content (AvgIpc) is 2.82. The molecule has 0 atom stereocenters. The summed E-state index contributed by atoms with van der Waals surface area (Å²) in [4.78, 5) is 14.3. The lowest BCUT2D eigenvalue weighted by atomic mass is 10.1. The monoisotopic (exact) mass is 335 g/mol. The first-order chi connectivity index (χ1) is 9.56. The van der Waals surface area contributed by atoms with E-state index in [9.17, 15) is 4.79 Å². The van der Waals surface area contributed by atoms with E-state index in [4.69, 9.17) is 0 Å². The first-order valence-electron chi connectivity index (χ1n) is 6.50. The van der Waals surface area contributed by atoms with Gasteiger partial charge in [0, 0.05) is 48.4 Å². The van der Waals surface area contributed by atoms with Crippen molar-refractivity contribution in [2.75, 3.05) is 13.6 Å². The SMILES string of the molecule is CN(CCC(=O)c1ccccc1Br)Cc1cnn(C)c1. The third-order valence-electron chi connectivity index (χ3n) is 3.11. The van der Waals surface area contributed by atoms with Crippen molar-refractivity contribution in [1.82, 2.24) is 14.7 Å². The van der Waals surface area contributed by atoms with E-state index in [2.05, 4.69) is 25.9 Å². The third kappa shape index (κ3) is 4.02. The van der Waals surface area contributed by atoms with Gasteiger partial charge in [-0.1, -0.05) is 34.1 Å². The normalized spacial score (nSPS) is 11.0. The molecule has 2 aromatic rings. The van der Waals surface area contributed by atoms with E-state index in [-0.39, 0.29) is 5.78 Å². The van der Waals surface area contributed by atoms with Gasteiger partial charge in [-0.25, -0.2) is 0 Å². The van der Waals surface area contributed by atoms with Crippen molar-refractivity contribution in [1.29, 1.82) is 0 Å². The number of hydrogen-bond acceptors (Lipinski definition) is 3. The third-order valence-corrected chi connectivity index (χ3v) is 3.80. The molecule has 0 N–H and O–H groups in total. The number of ketones is 1. The Kier molecular flexibility index (Phi) is 5.09. The van der Waals surface area contributed by atoms with Gasteiger partial charge >= 0.3 is 0 Å². The van der Waals surface area contributed by atoms with E-state index in [1.54, 1.807) is 4.68 Å². The predicted octanol–water partition coefficient (Wildman–Crippen LogP) is 2.89. The van der Waals surface area contributed by atoms with Crippen molar-refractivity contribution < 1.29 is 4.79 Å². The van der Waals surface area contributed by atoms with Gasteiger partial charge in [0.05, 0.1) is 6.20 Å². The molecule has 1 aromatic heterocycles. The predicted molar refractivity (Wildman–Crippen MR) is 82.6 cm³/mol. The molecule has 1 heterocycles. The molecule has 0 saturated heterocycles. The van der Waals surface area contributed by atoms with Gasteiger partial charge in [-0.2, -0.15) is 5.10 Å². The number of carbonyl (C=O) groups is 1. The molecule has 0 aliphatic heterocycles. The topological polar surface area (TPSA) is 38.1 Å². The van der Waals surface area contributed by atoms with Crippen molar-refractivity contribution in [3.63, 3.8) is 0 Å². The largest absolute Gasteiger partial charge is 0.302 e. The van der Waals surface area contributed by atoms with Gasteiger partial charge in [-0.15, -0.1) is 0 Å². The van der Waals surface area contributed by atoms with Crippen LogP contribution in [0.5, 0.6) is 0 Å². The van der Waals surface area contributed by atoms with Gasteiger partial charge in [-0.05, 0) is 13.1 Å². The molecular formula is C15H18BrN3O. The summed E-state index contributed by atoms with van der Waals surface area (Å²) < 4.78 is 2.65. The van der Waals surface area contributed by atoms with Crippen molar-refractivity contribution >= 4 is 21.7 Å². The fraction of sp³-hybridized carbons (Fsp3) is 0.333. The highest BCUT2D eigenvalue weighted by Crippen LogP contribution is 2.17. The molecule has 1 aromatic carbocycles. The molecule has 106 valence electrons. The molecule has 0 aliphatic rings. The molecule has 0 unspecified atom stereocenters. The lowest BCUT2D eigenvalue weighted by Gasteiger charge is -2.15. The maximum absolute atomic E-state index is 12.2. The zero-order valence-corrected chi connectivity index (χ0v) is 13.3. The van der Waals surface area contributed by atoms with E-state index >= 15 is 0 Å². The zero-order valence-electron chi connectivity index (χ0n) is 11.7. The highest BCUT2D eigenvalue weighted by atomic mass is 79.9. The number of benzene rings is 1. The van der Waals surface area contributed by atoms with Gasteiger partial charge in [0.2, 0.25) is 0 Å². The number of aryl methyl sites for hydroxylation is 1. The van der Waals surface area contributed by atoms with Gasteiger partial charge in [0.1, 0.15) is 0 Å². The maximum Gasteiger partial charge on any atom is 0.165 e. The first kappa shape index (κ1) is 14.9. The Morgan fingerprint density at radius 1 is 1.40 bits per heavy atom. The second-order valence-electron chi connectivity index (χ2n) is 4.91.